The molecule has 0 aliphatic heterocycles. The Hall–Kier alpha value is -1.63. The smallest absolute Gasteiger partial charge is 0.241 e. The van der Waals surface area contributed by atoms with Crippen LogP contribution in [-0.2, 0) is 15.4 Å². The van der Waals surface area contributed by atoms with E-state index in [-0.39, 0.29) is 16.9 Å². The average molecular weight is 323 g/mol. The standard InChI is InChI=1S/C16H21NO4S/c1-16(2,3)12-6-8-13(9-7-12)22(19,20)17-14(11-18)15-5-4-10-21-15/h4-10,14,17-18H,11H2,1-3H3. The fourth-order valence-electron chi connectivity index (χ4n) is 2.06. The Bertz CT molecular complexity index is 698. The van der Waals surface area contributed by atoms with Crippen LogP contribution in [0.25, 0.3) is 0 Å². The Morgan fingerprint density at radius 1 is 1.18 bits per heavy atom. The number of sulfonamides is 1. The molecule has 0 aliphatic rings. The predicted octanol–water partition coefficient (Wildman–Crippen LogP) is 2.59. The third kappa shape index (κ3) is 3.76. The first kappa shape index (κ1) is 16.7. The number of hydrogen-bond donors (Lipinski definition) is 2. The molecule has 0 amide bonds. The minimum absolute atomic E-state index is 0.0441. The summed E-state index contributed by atoms with van der Waals surface area (Å²) in [7, 11) is -3.73. The number of aliphatic hydroxyl groups excluding tert-OH is 1. The first-order valence-corrected chi connectivity index (χ1v) is 8.49. The van der Waals surface area contributed by atoms with E-state index < -0.39 is 16.1 Å². The van der Waals surface area contributed by atoms with Crippen LogP contribution in [0.4, 0.5) is 0 Å². The molecule has 2 rings (SSSR count). The topological polar surface area (TPSA) is 79.5 Å². The van der Waals surface area contributed by atoms with Crippen LogP contribution in [0.1, 0.15) is 38.1 Å². The van der Waals surface area contributed by atoms with Gasteiger partial charge in [-0.2, -0.15) is 4.72 Å². The molecule has 1 unspecified atom stereocenters. The van der Waals surface area contributed by atoms with Crippen LogP contribution in [0.3, 0.4) is 0 Å². The van der Waals surface area contributed by atoms with E-state index in [2.05, 4.69) is 25.5 Å². The molecule has 0 bridgehead atoms. The van der Waals surface area contributed by atoms with Crippen molar-refractivity contribution >= 4 is 10.0 Å². The summed E-state index contributed by atoms with van der Waals surface area (Å²) in [5.74, 6) is 0.373. The molecule has 6 heteroatoms. The third-order valence-electron chi connectivity index (χ3n) is 3.40. The van der Waals surface area contributed by atoms with E-state index in [1.807, 2.05) is 0 Å². The van der Waals surface area contributed by atoms with Crippen molar-refractivity contribution in [2.45, 2.75) is 37.1 Å². The Balaban J connectivity index is 2.23. The van der Waals surface area contributed by atoms with E-state index in [1.54, 1.807) is 36.4 Å². The molecule has 0 spiro atoms. The number of nitrogens with one attached hydrogen (secondary N) is 1. The Morgan fingerprint density at radius 2 is 1.82 bits per heavy atom. The summed E-state index contributed by atoms with van der Waals surface area (Å²) < 4.78 is 32.4. The van der Waals surface area contributed by atoms with E-state index in [0.29, 0.717) is 5.76 Å². The number of furan rings is 1. The van der Waals surface area contributed by atoms with Gasteiger partial charge in [0.1, 0.15) is 11.8 Å². The van der Waals surface area contributed by atoms with Gasteiger partial charge in [0, 0.05) is 0 Å². The number of aliphatic hydroxyl groups is 1. The summed E-state index contributed by atoms with van der Waals surface area (Å²) in [6.07, 6.45) is 1.43. The van der Waals surface area contributed by atoms with Crippen LogP contribution < -0.4 is 4.72 Å². The lowest BCUT2D eigenvalue weighted by molar-refractivity contribution is 0.242. The van der Waals surface area contributed by atoms with Gasteiger partial charge in [-0.15, -0.1) is 0 Å². The zero-order valence-corrected chi connectivity index (χ0v) is 13.7. The van der Waals surface area contributed by atoms with Gasteiger partial charge < -0.3 is 9.52 Å². The zero-order valence-electron chi connectivity index (χ0n) is 12.9. The highest BCUT2D eigenvalue weighted by Crippen LogP contribution is 2.24. The summed E-state index contributed by atoms with van der Waals surface area (Å²) in [5.41, 5.74) is 1.01. The molecule has 120 valence electrons. The zero-order chi connectivity index (χ0) is 16.4. The fourth-order valence-corrected chi connectivity index (χ4v) is 3.26. The summed E-state index contributed by atoms with van der Waals surface area (Å²) >= 11 is 0. The summed E-state index contributed by atoms with van der Waals surface area (Å²) in [4.78, 5) is 0.158. The van der Waals surface area contributed by atoms with Gasteiger partial charge in [-0.05, 0) is 35.2 Å². The molecule has 1 atom stereocenters. The second kappa shape index (κ2) is 6.24. The van der Waals surface area contributed by atoms with Gasteiger partial charge in [0.25, 0.3) is 0 Å². The SMILES string of the molecule is CC(C)(C)c1ccc(S(=O)(=O)NC(CO)c2ccco2)cc1. The van der Waals surface area contributed by atoms with Crippen LogP contribution >= 0.6 is 0 Å². The van der Waals surface area contributed by atoms with Crippen molar-refractivity contribution in [3.63, 3.8) is 0 Å². The summed E-state index contributed by atoms with van der Waals surface area (Å²) in [5, 5.41) is 9.37. The molecule has 1 aromatic carbocycles. The first-order chi connectivity index (χ1) is 10.2. The van der Waals surface area contributed by atoms with Crippen molar-refractivity contribution in [2.24, 2.45) is 0 Å². The van der Waals surface area contributed by atoms with Crippen molar-refractivity contribution in [2.75, 3.05) is 6.61 Å². The van der Waals surface area contributed by atoms with E-state index in [9.17, 15) is 13.5 Å². The van der Waals surface area contributed by atoms with Crippen LogP contribution in [0, 0.1) is 0 Å². The van der Waals surface area contributed by atoms with Gasteiger partial charge in [0.05, 0.1) is 17.8 Å². The lowest BCUT2D eigenvalue weighted by Gasteiger charge is -2.19. The Labute approximate surface area is 131 Å². The molecule has 1 aromatic heterocycles. The molecular weight excluding hydrogens is 302 g/mol. The number of hydrogen-bond acceptors (Lipinski definition) is 4. The van der Waals surface area contributed by atoms with Gasteiger partial charge >= 0.3 is 0 Å². The Kier molecular flexibility index (Phi) is 4.75. The number of benzene rings is 1. The maximum Gasteiger partial charge on any atom is 0.241 e. The number of rotatable bonds is 5. The van der Waals surface area contributed by atoms with Crippen LogP contribution in [0.5, 0.6) is 0 Å². The van der Waals surface area contributed by atoms with Crippen LogP contribution in [0.2, 0.25) is 0 Å². The predicted molar refractivity (Wildman–Crippen MR) is 84.0 cm³/mol. The molecular formula is C16H21NO4S. The molecule has 0 aliphatic carbocycles. The maximum atomic E-state index is 12.4. The van der Waals surface area contributed by atoms with Crippen LogP contribution in [-0.4, -0.2) is 20.1 Å². The highest BCUT2D eigenvalue weighted by molar-refractivity contribution is 7.89. The fraction of sp³-hybridized carbons (Fsp3) is 0.375. The van der Waals surface area contributed by atoms with Gasteiger partial charge in [0.15, 0.2) is 0 Å². The molecule has 0 fully saturated rings. The minimum Gasteiger partial charge on any atom is -0.468 e. The monoisotopic (exact) mass is 323 g/mol. The van der Waals surface area contributed by atoms with Crippen molar-refractivity contribution < 1.29 is 17.9 Å². The van der Waals surface area contributed by atoms with Gasteiger partial charge in [-0.3, -0.25) is 0 Å². The maximum absolute atomic E-state index is 12.4. The lowest BCUT2D eigenvalue weighted by atomic mass is 9.87. The molecule has 1 heterocycles. The molecule has 5 nitrogen and oxygen atoms in total. The molecule has 0 saturated carbocycles. The molecule has 22 heavy (non-hydrogen) atoms. The van der Waals surface area contributed by atoms with Gasteiger partial charge in [0.2, 0.25) is 10.0 Å². The van der Waals surface area contributed by atoms with Crippen molar-refractivity contribution in [3.05, 3.63) is 54.0 Å². The van der Waals surface area contributed by atoms with E-state index in [1.165, 1.54) is 6.26 Å². The first-order valence-electron chi connectivity index (χ1n) is 7.01. The van der Waals surface area contributed by atoms with Crippen molar-refractivity contribution in [1.82, 2.24) is 4.72 Å². The lowest BCUT2D eigenvalue weighted by Crippen LogP contribution is -2.30. The molecule has 2 aromatic rings. The third-order valence-corrected chi connectivity index (χ3v) is 4.88. The van der Waals surface area contributed by atoms with E-state index in [0.717, 1.165) is 5.56 Å². The van der Waals surface area contributed by atoms with Gasteiger partial charge in [-0.1, -0.05) is 32.9 Å². The average Bonchev–Trinajstić information content (AvgIpc) is 2.98. The van der Waals surface area contributed by atoms with Crippen molar-refractivity contribution in [3.8, 4) is 0 Å². The van der Waals surface area contributed by atoms with E-state index >= 15 is 0 Å². The second-order valence-electron chi connectivity index (χ2n) is 6.15. The van der Waals surface area contributed by atoms with Crippen LogP contribution in [0.15, 0.2) is 52.0 Å². The summed E-state index contributed by atoms with van der Waals surface area (Å²) in [6, 6.07) is 9.20. The second-order valence-corrected chi connectivity index (χ2v) is 7.86. The quantitative estimate of drug-likeness (QED) is 0.886. The molecule has 2 N–H and O–H groups in total. The van der Waals surface area contributed by atoms with E-state index in [4.69, 9.17) is 4.42 Å². The summed E-state index contributed by atoms with van der Waals surface area (Å²) in [6.45, 7) is 5.81. The largest absolute Gasteiger partial charge is 0.468 e. The molecule has 0 radical (unpaired) electrons. The normalized spacial score (nSPS) is 14.0. The highest BCUT2D eigenvalue weighted by atomic mass is 32.2. The highest BCUT2D eigenvalue weighted by Gasteiger charge is 2.23. The minimum atomic E-state index is -3.73. The molecule has 0 saturated heterocycles. The Morgan fingerprint density at radius 3 is 2.27 bits per heavy atom. The van der Waals surface area contributed by atoms with Crippen molar-refractivity contribution in [1.29, 1.82) is 0 Å². The van der Waals surface area contributed by atoms with Gasteiger partial charge in [-0.25, -0.2) is 8.42 Å².